The van der Waals surface area contributed by atoms with E-state index < -0.39 is 12.0 Å². The summed E-state index contributed by atoms with van der Waals surface area (Å²) in [5, 5.41) is 11.9. The van der Waals surface area contributed by atoms with Crippen LogP contribution in [0.15, 0.2) is 24.3 Å². The van der Waals surface area contributed by atoms with Crippen LogP contribution in [0, 0.1) is 0 Å². The zero-order chi connectivity index (χ0) is 14.3. The van der Waals surface area contributed by atoms with E-state index in [0.29, 0.717) is 17.2 Å². The predicted molar refractivity (Wildman–Crippen MR) is 71.1 cm³/mol. The number of nitrogens with one attached hydrogen (secondary N) is 1. The lowest BCUT2D eigenvalue weighted by Gasteiger charge is -2.18. The Kier molecular flexibility index (Phi) is 6.32. The summed E-state index contributed by atoms with van der Waals surface area (Å²) in [6.07, 6.45) is -0.235. The highest BCUT2D eigenvalue weighted by molar-refractivity contribution is 6.31. The average Bonchev–Trinajstić information content (AvgIpc) is 2.35. The third kappa shape index (κ3) is 5.28. The fourth-order valence-electron chi connectivity index (χ4n) is 1.60. The van der Waals surface area contributed by atoms with Crippen molar-refractivity contribution in [3.63, 3.8) is 0 Å². The van der Waals surface area contributed by atoms with E-state index in [-0.39, 0.29) is 18.9 Å². The molecular formula is C13H16ClNO4. The van der Waals surface area contributed by atoms with Gasteiger partial charge in [0.25, 0.3) is 0 Å². The lowest BCUT2D eigenvalue weighted by atomic mass is 10.0. The molecule has 0 bridgehead atoms. The summed E-state index contributed by atoms with van der Waals surface area (Å²) in [5.41, 5.74) is 0.580. The molecule has 5 nitrogen and oxygen atoms in total. The van der Waals surface area contributed by atoms with Crippen molar-refractivity contribution in [2.45, 2.75) is 19.4 Å². The number of carboxylic acids is 1. The predicted octanol–water partition coefficient (Wildman–Crippen LogP) is 2.01. The van der Waals surface area contributed by atoms with Crippen LogP contribution in [0.25, 0.3) is 0 Å². The molecule has 0 heterocycles. The molecule has 1 rings (SSSR count). The van der Waals surface area contributed by atoms with Crippen molar-refractivity contribution >= 4 is 23.5 Å². The Hall–Kier alpha value is -1.59. The second kappa shape index (κ2) is 7.76. The van der Waals surface area contributed by atoms with Crippen LogP contribution >= 0.6 is 11.6 Å². The third-order valence-electron chi connectivity index (χ3n) is 2.43. The molecule has 0 aromatic heterocycles. The standard InChI is InChI=1S/C13H16ClNO4/c1-2-19-8-12(16)15-11(7-13(17)18)9-5-3-4-6-10(9)14/h3-6,11H,2,7-8H2,1H3,(H,15,16)(H,17,18)/t11-/m1/s1. The summed E-state index contributed by atoms with van der Waals surface area (Å²) in [6, 6.07) is 6.16. The van der Waals surface area contributed by atoms with Crippen molar-refractivity contribution in [1.82, 2.24) is 5.32 Å². The van der Waals surface area contributed by atoms with Gasteiger partial charge in [0.1, 0.15) is 6.61 Å². The molecule has 0 saturated carbocycles. The number of benzene rings is 1. The van der Waals surface area contributed by atoms with Crippen molar-refractivity contribution in [3.8, 4) is 0 Å². The summed E-state index contributed by atoms with van der Waals surface area (Å²) in [6.45, 7) is 2.09. The molecule has 0 radical (unpaired) electrons. The molecule has 1 aromatic rings. The molecule has 0 spiro atoms. The molecule has 0 aliphatic rings. The van der Waals surface area contributed by atoms with Gasteiger partial charge >= 0.3 is 5.97 Å². The van der Waals surface area contributed by atoms with Gasteiger partial charge in [-0.25, -0.2) is 0 Å². The largest absolute Gasteiger partial charge is 0.481 e. The van der Waals surface area contributed by atoms with Crippen LogP contribution in [0.4, 0.5) is 0 Å². The van der Waals surface area contributed by atoms with E-state index in [4.69, 9.17) is 21.4 Å². The Morgan fingerprint density at radius 1 is 1.42 bits per heavy atom. The number of carboxylic acid groups (broad SMARTS) is 1. The molecule has 0 unspecified atom stereocenters. The minimum absolute atomic E-state index is 0.100. The Bertz CT molecular complexity index is 450. The third-order valence-corrected chi connectivity index (χ3v) is 2.78. The van der Waals surface area contributed by atoms with E-state index in [0.717, 1.165) is 0 Å². The summed E-state index contributed by atoms with van der Waals surface area (Å²) in [5.74, 6) is -1.38. The van der Waals surface area contributed by atoms with Gasteiger partial charge in [-0.2, -0.15) is 0 Å². The fourth-order valence-corrected chi connectivity index (χ4v) is 1.87. The van der Waals surface area contributed by atoms with Crippen LogP contribution in [0.2, 0.25) is 5.02 Å². The normalized spacial score (nSPS) is 11.9. The zero-order valence-electron chi connectivity index (χ0n) is 10.6. The first-order chi connectivity index (χ1) is 9.04. The quantitative estimate of drug-likeness (QED) is 0.803. The number of hydrogen-bond acceptors (Lipinski definition) is 3. The maximum atomic E-state index is 11.6. The van der Waals surface area contributed by atoms with Gasteiger partial charge in [0.15, 0.2) is 0 Å². The van der Waals surface area contributed by atoms with Crippen LogP contribution < -0.4 is 5.32 Å². The van der Waals surface area contributed by atoms with Gasteiger partial charge in [-0.1, -0.05) is 29.8 Å². The number of hydrogen-bond donors (Lipinski definition) is 2. The van der Waals surface area contributed by atoms with Crippen molar-refractivity contribution in [1.29, 1.82) is 0 Å². The second-order valence-corrected chi connectivity index (χ2v) is 4.28. The van der Waals surface area contributed by atoms with Crippen LogP contribution in [0.5, 0.6) is 0 Å². The van der Waals surface area contributed by atoms with Crippen LogP contribution in [-0.2, 0) is 14.3 Å². The summed E-state index contributed by atoms with van der Waals surface area (Å²) < 4.78 is 4.97. The molecule has 2 N–H and O–H groups in total. The van der Waals surface area contributed by atoms with Crippen LogP contribution in [0.1, 0.15) is 24.9 Å². The average molecular weight is 286 g/mol. The Morgan fingerprint density at radius 3 is 2.68 bits per heavy atom. The first-order valence-electron chi connectivity index (χ1n) is 5.88. The molecule has 104 valence electrons. The Balaban J connectivity index is 2.80. The first-order valence-corrected chi connectivity index (χ1v) is 6.25. The SMILES string of the molecule is CCOCC(=O)N[C@H](CC(=O)O)c1ccccc1Cl. The molecule has 6 heteroatoms. The van der Waals surface area contributed by atoms with E-state index in [1.165, 1.54) is 0 Å². The lowest BCUT2D eigenvalue weighted by molar-refractivity contribution is -0.138. The van der Waals surface area contributed by atoms with Gasteiger partial charge in [0.05, 0.1) is 12.5 Å². The molecule has 0 aliphatic carbocycles. The smallest absolute Gasteiger partial charge is 0.305 e. The van der Waals surface area contributed by atoms with Crippen molar-refractivity contribution < 1.29 is 19.4 Å². The molecular weight excluding hydrogens is 270 g/mol. The highest BCUT2D eigenvalue weighted by Gasteiger charge is 2.20. The number of aliphatic carboxylic acids is 1. The number of carbonyl (C=O) groups is 2. The van der Waals surface area contributed by atoms with Crippen molar-refractivity contribution in [2.24, 2.45) is 0 Å². The molecule has 1 atom stereocenters. The van der Waals surface area contributed by atoms with Gasteiger partial charge in [-0.3, -0.25) is 9.59 Å². The van der Waals surface area contributed by atoms with E-state index in [9.17, 15) is 9.59 Å². The minimum atomic E-state index is -1.01. The van der Waals surface area contributed by atoms with Gasteiger partial charge in [0.2, 0.25) is 5.91 Å². The first kappa shape index (κ1) is 15.5. The number of rotatable bonds is 7. The van der Waals surface area contributed by atoms with E-state index >= 15 is 0 Å². The molecule has 19 heavy (non-hydrogen) atoms. The lowest BCUT2D eigenvalue weighted by Crippen LogP contribution is -2.33. The summed E-state index contributed by atoms with van der Waals surface area (Å²) in [7, 11) is 0. The number of carbonyl (C=O) groups excluding carboxylic acids is 1. The highest BCUT2D eigenvalue weighted by atomic mass is 35.5. The molecule has 1 aromatic carbocycles. The van der Waals surface area contributed by atoms with Crippen LogP contribution in [-0.4, -0.2) is 30.2 Å². The fraction of sp³-hybridized carbons (Fsp3) is 0.385. The topological polar surface area (TPSA) is 75.6 Å². The molecule has 0 fully saturated rings. The van der Waals surface area contributed by atoms with Gasteiger partial charge in [-0.05, 0) is 18.6 Å². The van der Waals surface area contributed by atoms with Gasteiger partial charge in [0, 0.05) is 11.6 Å². The van der Waals surface area contributed by atoms with E-state index in [1.807, 2.05) is 0 Å². The number of amides is 1. The second-order valence-electron chi connectivity index (χ2n) is 3.88. The Morgan fingerprint density at radius 2 is 2.11 bits per heavy atom. The highest BCUT2D eigenvalue weighted by Crippen LogP contribution is 2.24. The van der Waals surface area contributed by atoms with Crippen molar-refractivity contribution in [2.75, 3.05) is 13.2 Å². The number of ether oxygens (including phenoxy) is 1. The maximum Gasteiger partial charge on any atom is 0.305 e. The van der Waals surface area contributed by atoms with Gasteiger partial charge < -0.3 is 15.2 Å². The monoisotopic (exact) mass is 285 g/mol. The number of halogens is 1. The van der Waals surface area contributed by atoms with E-state index in [2.05, 4.69) is 5.32 Å². The summed E-state index contributed by atoms with van der Waals surface area (Å²) >= 11 is 6.01. The van der Waals surface area contributed by atoms with Gasteiger partial charge in [-0.15, -0.1) is 0 Å². The van der Waals surface area contributed by atoms with E-state index in [1.54, 1.807) is 31.2 Å². The maximum absolute atomic E-state index is 11.6. The summed E-state index contributed by atoms with van der Waals surface area (Å²) in [4.78, 5) is 22.5. The molecule has 0 aliphatic heterocycles. The molecule has 1 amide bonds. The zero-order valence-corrected chi connectivity index (χ0v) is 11.3. The van der Waals surface area contributed by atoms with Crippen LogP contribution in [0.3, 0.4) is 0 Å². The minimum Gasteiger partial charge on any atom is -0.481 e. The molecule has 0 saturated heterocycles. The Labute approximate surface area is 116 Å². The van der Waals surface area contributed by atoms with Crippen molar-refractivity contribution in [3.05, 3.63) is 34.9 Å².